The zero-order valence-corrected chi connectivity index (χ0v) is 14.3. The van der Waals surface area contributed by atoms with Gasteiger partial charge in [0.1, 0.15) is 0 Å². The van der Waals surface area contributed by atoms with E-state index in [4.69, 9.17) is 0 Å². The lowest BCUT2D eigenvalue weighted by Crippen LogP contribution is -2.39. The number of nitrogens with one attached hydrogen (secondary N) is 1. The lowest BCUT2D eigenvalue weighted by molar-refractivity contribution is 0.0672. The Morgan fingerprint density at radius 1 is 1.35 bits per heavy atom. The second kappa shape index (κ2) is 6.29. The third-order valence-electron chi connectivity index (χ3n) is 4.37. The lowest BCUT2D eigenvalue weighted by Gasteiger charge is -2.33. The molecule has 20 heavy (non-hydrogen) atoms. The van der Waals surface area contributed by atoms with Crippen molar-refractivity contribution in [3.05, 3.63) is 15.9 Å². The Morgan fingerprint density at radius 2 is 1.95 bits per heavy atom. The first kappa shape index (κ1) is 15.5. The van der Waals surface area contributed by atoms with Crippen LogP contribution in [0.5, 0.6) is 0 Å². The van der Waals surface area contributed by atoms with E-state index in [9.17, 15) is 4.79 Å². The van der Waals surface area contributed by atoms with E-state index >= 15 is 0 Å². The zero-order valence-electron chi connectivity index (χ0n) is 12.7. The first-order valence-corrected chi connectivity index (χ1v) is 8.22. The lowest BCUT2D eigenvalue weighted by atomic mass is 9.86. The molecule has 0 radical (unpaired) electrons. The highest BCUT2D eigenvalue weighted by molar-refractivity contribution is 9.10. The van der Waals surface area contributed by atoms with E-state index < -0.39 is 0 Å². The summed E-state index contributed by atoms with van der Waals surface area (Å²) in [4.78, 5) is 14.5. The van der Waals surface area contributed by atoms with Crippen molar-refractivity contribution in [3.8, 4) is 0 Å². The van der Waals surface area contributed by atoms with E-state index in [0.717, 1.165) is 28.9 Å². The molecule has 1 fully saturated rings. The van der Waals surface area contributed by atoms with Crippen molar-refractivity contribution in [2.24, 2.45) is 5.92 Å². The maximum absolute atomic E-state index is 12.6. The van der Waals surface area contributed by atoms with Crippen molar-refractivity contribution in [3.63, 3.8) is 0 Å². The van der Waals surface area contributed by atoms with Gasteiger partial charge in [-0.05, 0) is 53.4 Å². The minimum absolute atomic E-state index is 0.0135. The summed E-state index contributed by atoms with van der Waals surface area (Å²) in [6.45, 7) is 6.45. The number of carbonyl (C=O) groups is 1. The van der Waals surface area contributed by atoms with Gasteiger partial charge < -0.3 is 4.90 Å². The van der Waals surface area contributed by atoms with Crippen LogP contribution < -0.4 is 0 Å². The van der Waals surface area contributed by atoms with E-state index in [-0.39, 0.29) is 5.91 Å². The predicted molar refractivity (Wildman–Crippen MR) is 83.9 cm³/mol. The Bertz CT molecular complexity index is 475. The van der Waals surface area contributed by atoms with Crippen LogP contribution in [0.4, 0.5) is 0 Å². The molecule has 0 spiro atoms. The fourth-order valence-corrected chi connectivity index (χ4v) is 3.63. The minimum atomic E-state index is 0.0135. The molecule has 1 heterocycles. The summed E-state index contributed by atoms with van der Waals surface area (Å²) in [5.74, 6) is 1.12. The van der Waals surface area contributed by atoms with Gasteiger partial charge in [-0.2, -0.15) is 5.10 Å². The van der Waals surface area contributed by atoms with Gasteiger partial charge in [0.05, 0.1) is 10.2 Å². The van der Waals surface area contributed by atoms with E-state index in [1.54, 1.807) is 0 Å². The number of amides is 1. The van der Waals surface area contributed by atoms with Crippen LogP contribution in [-0.4, -0.2) is 34.1 Å². The highest BCUT2D eigenvalue weighted by Gasteiger charge is 2.28. The van der Waals surface area contributed by atoms with Gasteiger partial charge in [0.15, 0.2) is 5.69 Å². The molecule has 1 aromatic rings. The van der Waals surface area contributed by atoms with Gasteiger partial charge in [0, 0.05) is 13.1 Å². The van der Waals surface area contributed by atoms with E-state index in [0.29, 0.717) is 17.7 Å². The van der Waals surface area contributed by atoms with Gasteiger partial charge in [0.25, 0.3) is 5.91 Å². The Morgan fingerprint density at radius 3 is 2.45 bits per heavy atom. The molecule has 2 rings (SSSR count). The van der Waals surface area contributed by atoms with Crippen molar-refractivity contribution in [1.29, 1.82) is 0 Å². The highest BCUT2D eigenvalue weighted by Crippen LogP contribution is 2.30. The maximum atomic E-state index is 12.6. The first-order valence-electron chi connectivity index (χ1n) is 7.42. The summed E-state index contributed by atoms with van der Waals surface area (Å²) < 4.78 is 0.813. The van der Waals surface area contributed by atoms with Crippen LogP contribution in [0.25, 0.3) is 0 Å². The summed E-state index contributed by atoms with van der Waals surface area (Å²) in [5.41, 5.74) is 1.49. The standard InChI is InChI=1S/C15H24BrN3O/c1-9(2)13-12(16)14(18-17-13)15(20)19(4)11-7-5-10(3)6-8-11/h9-11H,5-8H2,1-4H3,(H,17,18). The number of H-pyrrole nitrogens is 1. The molecular weight excluding hydrogens is 318 g/mol. The smallest absolute Gasteiger partial charge is 0.275 e. The topological polar surface area (TPSA) is 49.0 Å². The van der Waals surface area contributed by atoms with Crippen LogP contribution in [0.3, 0.4) is 0 Å². The normalized spacial score (nSPS) is 23.1. The molecule has 0 unspecified atom stereocenters. The van der Waals surface area contributed by atoms with Crippen LogP contribution in [0.15, 0.2) is 4.47 Å². The Labute approximate surface area is 129 Å². The number of rotatable bonds is 3. The van der Waals surface area contributed by atoms with E-state index in [1.807, 2.05) is 11.9 Å². The number of hydrogen-bond donors (Lipinski definition) is 1. The van der Waals surface area contributed by atoms with Crippen LogP contribution in [0, 0.1) is 5.92 Å². The molecule has 1 N–H and O–H groups in total. The van der Waals surface area contributed by atoms with Crippen molar-refractivity contribution >= 4 is 21.8 Å². The summed E-state index contributed by atoms with van der Waals surface area (Å²) in [5, 5.41) is 7.18. The minimum Gasteiger partial charge on any atom is -0.337 e. The fraction of sp³-hybridized carbons (Fsp3) is 0.733. The number of carbonyl (C=O) groups excluding carboxylic acids is 1. The quantitative estimate of drug-likeness (QED) is 0.904. The average molecular weight is 342 g/mol. The van der Waals surface area contributed by atoms with E-state index in [2.05, 4.69) is 46.9 Å². The molecule has 0 aromatic carbocycles. The molecular formula is C15H24BrN3O. The number of halogens is 1. The molecule has 4 nitrogen and oxygen atoms in total. The number of hydrogen-bond acceptors (Lipinski definition) is 2. The average Bonchev–Trinajstić information content (AvgIpc) is 2.80. The number of nitrogens with zero attached hydrogens (tertiary/aromatic N) is 2. The van der Waals surface area contributed by atoms with Crippen LogP contribution in [0.2, 0.25) is 0 Å². The molecule has 0 saturated heterocycles. The Balaban J connectivity index is 2.11. The van der Waals surface area contributed by atoms with Crippen LogP contribution >= 0.6 is 15.9 Å². The summed E-state index contributed by atoms with van der Waals surface area (Å²) in [7, 11) is 1.90. The van der Waals surface area contributed by atoms with Crippen LogP contribution in [0.1, 0.15) is 68.6 Å². The van der Waals surface area contributed by atoms with Crippen molar-refractivity contribution in [1.82, 2.24) is 15.1 Å². The van der Waals surface area contributed by atoms with Crippen molar-refractivity contribution in [2.45, 2.75) is 58.4 Å². The summed E-state index contributed by atoms with van der Waals surface area (Å²) in [6, 6.07) is 0.352. The third kappa shape index (κ3) is 3.08. The maximum Gasteiger partial charge on any atom is 0.275 e. The number of aromatic nitrogens is 2. The molecule has 1 saturated carbocycles. The molecule has 1 aliphatic carbocycles. The zero-order chi connectivity index (χ0) is 14.9. The first-order chi connectivity index (χ1) is 9.41. The largest absolute Gasteiger partial charge is 0.337 e. The molecule has 112 valence electrons. The van der Waals surface area contributed by atoms with Gasteiger partial charge in [0.2, 0.25) is 0 Å². The van der Waals surface area contributed by atoms with Crippen LogP contribution in [-0.2, 0) is 0 Å². The van der Waals surface area contributed by atoms with Crippen molar-refractivity contribution < 1.29 is 4.79 Å². The molecule has 0 bridgehead atoms. The van der Waals surface area contributed by atoms with Gasteiger partial charge in [-0.1, -0.05) is 20.8 Å². The summed E-state index contributed by atoms with van der Waals surface area (Å²) >= 11 is 3.51. The van der Waals surface area contributed by atoms with Crippen molar-refractivity contribution in [2.75, 3.05) is 7.05 Å². The molecule has 5 heteroatoms. The second-order valence-electron chi connectivity index (χ2n) is 6.28. The SMILES string of the molecule is CC1CCC(N(C)C(=O)c2n[nH]c(C(C)C)c2Br)CC1. The molecule has 0 atom stereocenters. The van der Waals surface area contributed by atoms with Gasteiger partial charge in [-0.25, -0.2) is 0 Å². The highest BCUT2D eigenvalue weighted by atomic mass is 79.9. The fourth-order valence-electron chi connectivity index (χ4n) is 2.83. The molecule has 0 aliphatic heterocycles. The van der Waals surface area contributed by atoms with E-state index in [1.165, 1.54) is 12.8 Å². The van der Waals surface area contributed by atoms with Gasteiger partial charge in [-0.15, -0.1) is 0 Å². The third-order valence-corrected chi connectivity index (χ3v) is 5.17. The number of aromatic amines is 1. The molecule has 1 aromatic heterocycles. The molecule has 1 amide bonds. The second-order valence-corrected chi connectivity index (χ2v) is 7.08. The van der Waals surface area contributed by atoms with Gasteiger partial charge >= 0.3 is 0 Å². The molecule has 1 aliphatic rings. The summed E-state index contributed by atoms with van der Waals surface area (Å²) in [6.07, 6.45) is 4.62. The monoisotopic (exact) mass is 341 g/mol. The Kier molecular flexibility index (Phi) is 4.89. The Hall–Kier alpha value is -0.840. The van der Waals surface area contributed by atoms with Gasteiger partial charge in [-0.3, -0.25) is 9.89 Å². The predicted octanol–water partition coefficient (Wildman–Crippen LogP) is 3.95.